The third-order valence-corrected chi connectivity index (χ3v) is 12.8. The van der Waals surface area contributed by atoms with Crippen LogP contribution in [0.2, 0.25) is 0 Å². The normalized spacial score (nSPS) is 14.0. The number of hydrogen-bond acceptors (Lipinski definition) is 0. The second kappa shape index (κ2) is 12.2. The topological polar surface area (TPSA) is 0 Å². The predicted octanol–water partition coefficient (Wildman–Crippen LogP) is 8.06. The molecule has 0 unspecified atom stereocenters. The minimum atomic E-state index is -1.93. The Bertz CT molecular complexity index is 215. The van der Waals surface area contributed by atoms with Gasteiger partial charge in [-0.2, -0.15) is 0 Å². The van der Waals surface area contributed by atoms with Gasteiger partial charge < -0.3 is 0 Å². The molecule has 0 bridgehead atoms. The van der Waals surface area contributed by atoms with Crippen LogP contribution in [0.4, 0.5) is 0 Å². The molecule has 0 heterocycles. The Kier molecular flexibility index (Phi) is 12.6. The monoisotopic (exact) mass is 336 g/mol. The minimum absolute atomic E-state index is 1.30. The van der Waals surface area contributed by atoms with Crippen LogP contribution in [-0.4, -0.2) is 24.6 Å². The third kappa shape index (κ3) is 9.45. The molecule has 0 fully saturated rings. The zero-order valence-electron chi connectivity index (χ0n) is 15.4. The summed E-state index contributed by atoms with van der Waals surface area (Å²) < 4.78 is 0. The summed E-state index contributed by atoms with van der Waals surface area (Å²) in [6.07, 6.45) is 20.4. The zero-order chi connectivity index (χ0) is 16.1. The number of hydrogen-bond donors (Lipinski definition) is 0. The second-order valence-corrected chi connectivity index (χ2v) is 15.5. The quantitative estimate of drug-likeness (QED) is 0.209. The van der Waals surface area contributed by atoms with Gasteiger partial charge in [-0.3, -0.25) is 0 Å². The number of rotatable bonds is 15. The fourth-order valence-electron chi connectivity index (χ4n) is 3.44. The molecule has 0 aliphatic rings. The first-order chi connectivity index (χ1) is 10.0. The fourth-order valence-corrected chi connectivity index (χ4v) is 10.6. The van der Waals surface area contributed by atoms with Crippen molar-refractivity contribution in [2.45, 2.75) is 98.3 Å². The Morgan fingerprint density at radius 1 is 0.476 bits per heavy atom. The van der Waals surface area contributed by atoms with Crippen molar-refractivity contribution in [1.29, 1.82) is 0 Å². The van der Waals surface area contributed by atoms with Crippen LogP contribution in [0, 0.1) is 0 Å². The molecule has 130 valence electrons. The van der Waals surface area contributed by atoms with Crippen LogP contribution in [0.5, 0.6) is 0 Å². The van der Waals surface area contributed by atoms with Crippen LogP contribution in [0.25, 0.3) is 0 Å². The first-order valence-electron chi connectivity index (χ1n) is 9.76. The summed E-state index contributed by atoms with van der Waals surface area (Å²) >= 11 is 7.58. The van der Waals surface area contributed by atoms with Crippen LogP contribution in [0.15, 0.2) is 0 Å². The molecule has 0 amide bonds. The van der Waals surface area contributed by atoms with Gasteiger partial charge in [-0.25, -0.2) is 0 Å². The van der Waals surface area contributed by atoms with Crippen LogP contribution >= 0.6 is 17.2 Å². The summed E-state index contributed by atoms with van der Waals surface area (Å²) in [4.78, 5) is 0. The molecule has 0 saturated carbocycles. The van der Waals surface area contributed by atoms with E-state index in [1.165, 1.54) is 95.3 Å². The van der Waals surface area contributed by atoms with E-state index in [2.05, 4.69) is 27.7 Å². The van der Waals surface area contributed by atoms with E-state index in [0.717, 1.165) is 0 Å². The molecule has 0 saturated heterocycles. The standard InChI is InChI=1S/C19H42ClP/c1-5-9-13-14-15-19-21(20,16-10-6-2,17-11-7-3)18-12-8-4/h5-19H2,1-4H3. The summed E-state index contributed by atoms with van der Waals surface area (Å²) in [6, 6.07) is 0. The van der Waals surface area contributed by atoms with E-state index in [1.807, 2.05) is 0 Å². The van der Waals surface area contributed by atoms with Gasteiger partial charge in [0.1, 0.15) is 0 Å². The third-order valence-electron chi connectivity index (χ3n) is 5.03. The predicted molar refractivity (Wildman–Crippen MR) is 106 cm³/mol. The van der Waals surface area contributed by atoms with E-state index in [9.17, 15) is 0 Å². The van der Waals surface area contributed by atoms with Crippen molar-refractivity contribution in [1.82, 2.24) is 0 Å². The molecule has 0 spiro atoms. The molecule has 0 atom stereocenters. The molecular weight excluding hydrogens is 295 g/mol. The molecule has 21 heavy (non-hydrogen) atoms. The van der Waals surface area contributed by atoms with Gasteiger partial charge in [0.2, 0.25) is 0 Å². The summed E-state index contributed by atoms with van der Waals surface area (Å²) in [7, 11) is 0. The van der Waals surface area contributed by atoms with Gasteiger partial charge >= 0.3 is 140 Å². The molecular formula is C19H42ClP. The van der Waals surface area contributed by atoms with Crippen LogP contribution in [0.1, 0.15) is 98.3 Å². The van der Waals surface area contributed by atoms with Crippen LogP contribution in [0.3, 0.4) is 0 Å². The Morgan fingerprint density at radius 2 is 0.810 bits per heavy atom. The Balaban J connectivity index is 4.70. The van der Waals surface area contributed by atoms with Crippen molar-refractivity contribution in [3.05, 3.63) is 0 Å². The van der Waals surface area contributed by atoms with Gasteiger partial charge in [-0.05, 0) is 0 Å². The van der Waals surface area contributed by atoms with Crippen LogP contribution < -0.4 is 0 Å². The Labute approximate surface area is 140 Å². The van der Waals surface area contributed by atoms with E-state index in [4.69, 9.17) is 11.2 Å². The van der Waals surface area contributed by atoms with E-state index in [0.29, 0.717) is 0 Å². The van der Waals surface area contributed by atoms with Crippen molar-refractivity contribution < 1.29 is 0 Å². The summed E-state index contributed by atoms with van der Waals surface area (Å²) in [5.74, 6) is -1.93. The average Bonchev–Trinajstić information content (AvgIpc) is 2.50. The molecule has 0 nitrogen and oxygen atoms in total. The van der Waals surface area contributed by atoms with Gasteiger partial charge in [0.15, 0.2) is 0 Å². The molecule has 2 heteroatoms. The molecule has 0 aromatic carbocycles. The van der Waals surface area contributed by atoms with Gasteiger partial charge in [0, 0.05) is 0 Å². The number of halogens is 1. The van der Waals surface area contributed by atoms with Crippen molar-refractivity contribution >= 4 is 17.2 Å². The summed E-state index contributed by atoms with van der Waals surface area (Å²) in [6.45, 7) is 9.25. The van der Waals surface area contributed by atoms with E-state index in [-0.39, 0.29) is 0 Å². The SMILES string of the molecule is CCCCCCCP(Cl)(CCCC)(CCCC)CCCC. The maximum absolute atomic E-state index is 7.58. The molecule has 0 radical (unpaired) electrons. The first-order valence-corrected chi connectivity index (χ1v) is 13.6. The molecule has 0 aromatic heterocycles. The van der Waals surface area contributed by atoms with E-state index in [1.54, 1.807) is 0 Å². The fraction of sp³-hybridized carbons (Fsp3) is 1.00. The summed E-state index contributed by atoms with van der Waals surface area (Å²) in [5, 5.41) is 0. The molecule has 0 aliphatic heterocycles. The van der Waals surface area contributed by atoms with Crippen molar-refractivity contribution in [3.63, 3.8) is 0 Å². The summed E-state index contributed by atoms with van der Waals surface area (Å²) in [5.41, 5.74) is 0. The van der Waals surface area contributed by atoms with Crippen molar-refractivity contribution in [2.75, 3.05) is 24.6 Å². The average molecular weight is 337 g/mol. The molecule has 0 rings (SSSR count). The maximum atomic E-state index is 7.58. The van der Waals surface area contributed by atoms with Crippen LogP contribution in [-0.2, 0) is 0 Å². The molecule has 0 N–H and O–H groups in total. The van der Waals surface area contributed by atoms with Crippen molar-refractivity contribution in [2.24, 2.45) is 0 Å². The molecule has 0 aliphatic carbocycles. The van der Waals surface area contributed by atoms with Crippen molar-refractivity contribution in [3.8, 4) is 0 Å². The van der Waals surface area contributed by atoms with Gasteiger partial charge in [-0.15, -0.1) is 0 Å². The Hall–Kier alpha value is 0.720. The first kappa shape index (κ1) is 21.7. The van der Waals surface area contributed by atoms with E-state index >= 15 is 0 Å². The van der Waals surface area contributed by atoms with Gasteiger partial charge in [-0.1, -0.05) is 0 Å². The second-order valence-electron chi connectivity index (χ2n) is 7.19. The van der Waals surface area contributed by atoms with Gasteiger partial charge in [0.05, 0.1) is 0 Å². The number of unbranched alkanes of at least 4 members (excludes halogenated alkanes) is 7. The van der Waals surface area contributed by atoms with E-state index < -0.39 is 5.96 Å². The zero-order valence-corrected chi connectivity index (χ0v) is 17.1. The Morgan fingerprint density at radius 3 is 1.19 bits per heavy atom. The molecule has 0 aromatic rings. The van der Waals surface area contributed by atoms with Gasteiger partial charge in [0.25, 0.3) is 0 Å².